The quantitative estimate of drug-likeness (QED) is 0.874. The summed E-state index contributed by atoms with van der Waals surface area (Å²) in [5.74, 6) is -3.27. The standard InChI is InChI=1S/C10H11F2NO4S/c1-13(5-4-10(14)15)18(16,17)9-3-2-7(11)6-8(9)12/h2-3,6H,4-5H2,1H3,(H,14,15). The normalized spacial score (nSPS) is 11.8. The topological polar surface area (TPSA) is 74.7 Å². The van der Waals surface area contributed by atoms with Crippen molar-refractivity contribution in [3.8, 4) is 0 Å². The summed E-state index contributed by atoms with van der Waals surface area (Å²) >= 11 is 0. The minimum absolute atomic E-state index is 0.297. The zero-order chi connectivity index (χ0) is 13.9. The van der Waals surface area contributed by atoms with E-state index >= 15 is 0 Å². The number of halogens is 2. The van der Waals surface area contributed by atoms with E-state index in [9.17, 15) is 22.0 Å². The molecule has 8 heteroatoms. The zero-order valence-corrected chi connectivity index (χ0v) is 10.2. The van der Waals surface area contributed by atoms with Crippen molar-refractivity contribution in [2.45, 2.75) is 11.3 Å². The van der Waals surface area contributed by atoms with Gasteiger partial charge >= 0.3 is 5.97 Å². The summed E-state index contributed by atoms with van der Waals surface area (Å²) in [5.41, 5.74) is 0. The van der Waals surface area contributed by atoms with Crippen LogP contribution in [-0.4, -0.2) is 37.4 Å². The van der Waals surface area contributed by atoms with Crippen LogP contribution in [0.4, 0.5) is 8.78 Å². The van der Waals surface area contributed by atoms with Crippen LogP contribution in [0.3, 0.4) is 0 Å². The molecule has 18 heavy (non-hydrogen) atoms. The second-order valence-corrected chi connectivity index (χ2v) is 5.56. The van der Waals surface area contributed by atoms with E-state index in [0.29, 0.717) is 10.4 Å². The average Bonchev–Trinajstić information content (AvgIpc) is 2.24. The Morgan fingerprint density at radius 3 is 2.50 bits per heavy atom. The molecule has 0 heterocycles. The molecule has 0 atom stereocenters. The van der Waals surface area contributed by atoms with Crippen molar-refractivity contribution >= 4 is 16.0 Å². The smallest absolute Gasteiger partial charge is 0.304 e. The second kappa shape index (κ2) is 5.40. The number of nitrogens with zero attached hydrogens (tertiary/aromatic N) is 1. The van der Waals surface area contributed by atoms with Crippen molar-refractivity contribution in [3.63, 3.8) is 0 Å². The first-order valence-corrected chi connectivity index (χ1v) is 6.32. The molecule has 100 valence electrons. The van der Waals surface area contributed by atoms with E-state index in [1.807, 2.05) is 0 Å². The van der Waals surface area contributed by atoms with E-state index in [1.54, 1.807) is 0 Å². The highest BCUT2D eigenvalue weighted by Crippen LogP contribution is 2.19. The van der Waals surface area contributed by atoms with Crippen LogP contribution in [0.5, 0.6) is 0 Å². The van der Waals surface area contributed by atoms with Gasteiger partial charge in [-0.1, -0.05) is 0 Å². The minimum atomic E-state index is -4.15. The van der Waals surface area contributed by atoms with E-state index in [0.717, 1.165) is 19.2 Å². The highest BCUT2D eigenvalue weighted by Gasteiger charge is 2.24. The van der Waals surface area contributed by atoms with E-state index < -0.39 is 38.9 Å². The largest absolute Gasteiger partial charge is 0.481 e. The molecular weight excluding hydrogens is 268 g/mol. The summed E-state index contributed by atoms with van der Waals surface area (Å²) < 4.78 is 50.4. The first kappa shape index (κ1) is 14.5. The van der Waals surface area contributed by atoms with Gasteiger partial charge in [0, 0.05) is 19.7 Å². The van der Waals surface area contributed by atoms with E-state index in [1.165, 1.54) is 0 Å². The van der Waals surface area contributed by atoms with Crippen LogP contribution in [0.2, 0.25) is 0 Å². The number of sulfonamides is 1. The van der Waals surface area contributed by atoms with Gasteiger partial charge in [0.25, 0.3) is 0 Å². The number of benzene rings is 1. The third kappa shape index (κ3) is 3.23. The van der Waals surface area contributed by atoms with Crippen LogP contribution in [0, 0.1) is 11.6 Å². The molecule has 0 unspecified atom stereocenters. The summed E-state index contributed by atoms with van der Waals surface area (Å²) in [4.78, 5) is 9.65. The van der Waals surface area contributed by atoms with Crippen molar-refractivity contribution in [1.29, 1.82) is 0 Å². The molecule has 0 aliphatic heterocycles. The third-order valence-electron chi connectivity index (χ3n) is 2.22. The van der Waals surface area contributed by atoms with Crippen LogP contribution in [0.1, 0.15) is 6.42 Å². The van der Waals surface area contributed by atoms with Crippen molar-refractivity contribution in [1.82, 2.24) is 4.31 Å². The highest BCUT2D eigenvalue weighted by atomic mass is 32.2. The van der Waals surface area contributed by atoms with Crippen molar-refractivity contribution in [2.24, 2.45) is 0 Å². The molecule has 5 nitrogen and oxygen atoms in total. The lowest BCUT2D eigenvalue weighted by atomic mass is 10.3. The fourth-order valence-electron chi connectivity index (χ4n) is 1.23. The summed E-state index contributed by atoms with van der Waals surface area (Å²) in [6.07, 6.45) is -0.404. The first-order valence-electron chi connectivity index (χ1n) is 4.88. The van der Waals surface area contributed by atoms with Gasteiger partial charge in [-0.3, -0.25) is 4.79 Å². The summed E-state index contributed by atoms with van der Waals surface area (Å²) in [6, 6.07) is 2.08. The van der Waals surface area contributed by atoms with Gasteiger partial charge in [0.2, 0.25) is 10.0 Å². The Morgan fingerprint density at radius 1 is 1.39 bits per heavy atom. The van der Waals surface area contributed by atoms with Gasteiger partial charge in [0.15, 0.2) is 0 Å². The van der Waals surface area contributed by atoms with Crippen LogP contribution in [-0.2, 0) is 14.8 Å². The number of hydrogen-bond donors (Lipinski definition) is 1. The van der Waals surface area contributed by atoms with Gasteiger partial charge in [0.1, 0.15) is 16.5 Å². The molecule has 0 radical (unpaired) electrons. The van der Waals surface area contributed by atoms with Crippen molar-refractivity contribution in [3.05, 3.63) is 29.8 Å². The SMILES string of the molecule is CN(CCC(=O)O)S(=O)(=O)c1ccc(F)cc1F. The van der Waals surface area contributed by atoms with Gasteiger partial charge in [-0.05, 0) is 12.1 Å². The van der Waals surface area contributed by atoms with Gasteiger partial charge in [-0.2, -0.15) is 0 Å². The molecule has 0 saturated heterocycles. The molecule has 0 spiro atoms. The van der Waals surface area contributed by atoms with Crippen LogP contribution in [0.15, 0.2) is 23.1 Å². The number of hydrogen-bond acceptors (Lipinski definition) is 3. The van der Waals surface area contributed by atoms with Gasteiger partial charge < -0.3 is 5.11 Å². The Morgan fingerprint density at radius 2 is 2.00 bits per heavy atom. The monoisotopic (exact) mass is 279 g/mol. The molecule has 0 aliphatic carbocycles. The number of carboxylic acid groups (broad SMARTS) is 1. The molecule has 1 N–H and O–H groups in total. The molecule has 1 aromatic rings. The van der Waals surface area contributed by atoms with E-state index in [4.69, 9.17) is 5.11 Å². The van der Waals surface area contributed by atoms with Crippen LogP contribution in [0.25, 0.3) is 0 Å². The maximum absolute atomic E-state index is 13.3. The maximum atomic E-state index is 13.3. The number of carbonyl (C=O) groups is 1. The Bertz CT molecular complexity index is 559. The van der Waals surface area contributed by atoms with Crippen LogP contribution < -0.4 is 0 Å². The lowest BCUT2D eigenvalue weighted by Gasteiger charge is -2.16. The van der Waals surface area contributed by atoms with Crippen LogP contribution >= 0.6 is 0 Å². The maximum Gasteiger partial charge on any atom is 0.304 e. The Kier molecular flexibility index (Phi) is 4.36. The zero-order valence-electron chi connectivity index (χ0n) is 9.43. The van der Waals surface area contributed by atoms with E-state index in [-0.39, 0.29) is 6.54 Å². The number of rotatable bonds is 5. The highest BCUT2D eigenvalue weighted by molar-refractivity contribution is 7.89. The molecular formula is C10H11F2NO4S. The van der Waals surface area contributed by atoms with Gasteiger partial charge in [-0.25, -0.2) is 21.5 Å². The van der Waals surface area contributed by atoms with E-state index in [2.05, 4.69) is 0 Å². The lowest BCUT2D eigenvalue weighted by Crippen LogP contribution is -2.29. The number of aliphatic carboxylic acids is 1. The average molecular weight is 279 g/mol. The number of carboxylic acids is 1. The van der Waals surface area contributed by atoms with Crippen molar-refractivity contribution < 1.29 is 27.1 Å². The summed E-state index contributed by atoms with van der Waals surface area (Å²) in [7, 11) is -3.03. The molecule has 0 aliphatic rings. The lowest BCUT2D eigenvalue weighted by molar-refractivity contribution is -0.137. The molecule has 1 rings (SSSR count). The first-order chi connectivity index (χ1) is 8.25. The third-order valence-corrected chi connectivity index (χ3v) is 4.11. The fourth-order valence-corrected chi connectivity index (χ4v) is 2.44. The van der Waals surface area contributed by atoms with Gasteiger partial charge in [-0.15, -0.1) is 0 Å². The molecule has 0 amide bonds. The molecule has 1 aromatic carbocycles. The molecule has 0 bridgehead atoms. The summed E-state index contributed by atoms with van der Waals surface area (Å²) in [5, 5.41) is 8.44. The summed E-state index contributed by atoms with van der Waals surface area (Å²) in [6.45, 7) is -0.297. The Hall–Kier alpha value is -1.54. The predicted octanol–water partition coefficient (Wildman–Crippen LogP) is 1.06. The molecule has 0 aromatic heterocycles. The minimum Gasteiger partial charge on any atom is -0.481 e. The van der Waals surface area contributed by atoms with Gasteiger partial charge in [0.05, 0.1) is 6.42 Å². The Balaban J connectivity index is 3.02. The molecule has 0 saturated carbocycles. The second-order valence-electron chi connectivity index (χ2n) is 3.55. The molecule has 0 fully saturated rings. The Labute approximate surface area is 103 Å². The van der Waals surface area contributed by atoms with Crippen molar-refractivity contribution in [2.75, 3.05) is 13.6 Å². The fraction of sp³-hybridized carbons (Fsp3) is 0.300. The predicted molar refractivity (Wildman–Crippen MR) is 58.4 cm³/mol.